The summed E-state index contributed by atoms with van der Waals surface area (Å²) in [6.07, 6.45) is 3.30. The van der Waals surface area contributed by atoms with Gasteiger partial charge in [-0.2, -0.15) is 0 Å². The molecule has 1 aliphatic heterocycles. The number of nitrogens with one attached hydrogen (secondary N) is 1. The van der Waals surface area contributed by atoms with Gasteiger partial charge in [-0.25, -0.2) is 9.69 Å². The average molecular weight is 476 g/mol. The van der Waals surface area contributed by atoms with Crippen molar-refractivity contribution in [1.29, 1.82) is 0 Å². The fraction of sp³-hybridized carbons (Fsp3) is 0. The Balaban J connectivity index is 1.55. The summed E-state index contributed by atoms with van der Waals surface area (Å²) in [5, 5.41) is 4.84. The zero-order chi connectivity index (χ0) is 23.1. The largest absolute Gasteiger partial charge is 0.335 e. The summed E-state index contributed by atoms with van der Waals surface area (Å²) in [5.74, 6) is -1.53. The molecule has 0 radical (unpaired) electrons. The number of aromatic nitrogens is 1. The highest BCUT2D eigenvalue weighted by Crippen LogP contribution is 2.30. The molecule has 0 aliphatic carbocycles. The molecule has 4 amide bonds. The van der Waals surface area contributed by atoms with Gasteiger partial charge in [-0.1, -0.05) is 53.5 Å². The van der Waals surface area contributed by atoms with E-state index < -0.39 is 17.8 Å². The molecular formula is C25H15Cl2N3O3. The summed E-state index contributed by atoms with van der Waals surface area (Å²) < 4.78 is 1.86. The van der Waals surface area contributed by atoms with Crippen LogP contribution in [0, 0.1) is 0 Å². The quantitative estimate of drug-likeness (QED) is 0.309. The van der Waals surface area contributed by atoms with Crippen LogP contribution >= 0.6 is 23.2 Å². The van der Waals surface area contributed by atoms with E-state index in [-0.39, 0.29) is 21.3 Å². The molecule has 0 atom stereocenters. The number of nitrogens with zero attached hydrogens (tertiary/aromatic N) is 2. The van der Waals surface area contributed by atoms with Crippen molar-refractivity contribution in [3.05, 3.63) is 100 Å². The van der Waals surface area contributed by atoms with Gasteiger partial charge in [0.15, 0.2) is 0 Å². The number of carbonyl (C=O) groups excluding carboxylic acids is 3. The molecule has 6 nitrogen and oxygen atoms in total. The lowest BCUT2D eigenvalue weighted by Gasteiger charge is -2.26. The number of anilines is 1. The number of barbiturate groups is 1. The van der Waals surface area contributed by atoms with Gasteiger partial charge in [0.05, 0.1) is 15.7 Å². The molecule has 5 rings (SSSR count). The van der Waals surface area contributed by atoms with E-state index in [1.807, 2.05) is 59.3 Å². The van der Waals surface area contributed by atoms with E-state index in [0.29, 0.717) is 5.69 Å². The summed E-state index contributed by atoms with van der Waals surface area (Å²) in [5.41, 5.74) is 1.50. The predicted molar refractivity (Wildman–Crippen MR) is 129 cm³/mol. The summed E-state index contributed by atoms with van der Waals surface area (Å²) >= 11 is 12.0. The third-order valence-corrected chi connectivity index (χ3v) is 6.09. The molecule has 0 bridgehead atoms. The molecule has 1 N–H and O–H groups in total. The fourth-order valence-corrected chi connectivity index (χ4v) is 4.03. The second-order valence-electron chi connectivity index (χ2n) is 7.39. The number of benzene rings is 3. The van der Waals surface area contributed by atoms with Crippen LogP contribution in [-0.4, -0.2) is 22.4 Å². The van der Waals surface area contributed by atoms with Crippen molar-refractivity contribution in [3.63, 3.8) is 0 Å². The van der Waals surface area contributed by atoms with E-state index in [1.54, 1.807) is 6.07 Å². The molecule has 162 valence electrons. The Morgan fingerprint density at radius 1 is 0.758 bits per heavy atom. The first-order valence-corrected chi connectivity index (χ1v) is 10.7. The van der Waals surface area contributed by atoms with Gasteiger partial charge in [-0.3, -0.25) is 14.9 Å². The SMILES string of the molecule is O=C1NC(=O)N(c2ccc(Cl)c(Cl)c2)C(=O)/C1=C/c1cccn1-c1ccc2ccccc2c1. The summed E-state index contributed by atoms with van der Waals surface area (Å²) in [6, 6.07) is 21.0. The number of urea groups is 1. The Morgan fingerprint density at radius 3 is 2.30 bits per heavy atom. The van der Waals surface area contributed by atoms with Crippen molar-refractivity contribution < 1.29 is 14.4 Å². The lowest BCUT2D eigenvalue weighted by molar-refractivity contribution is -0.122. The van der Waals surface area contributed by atoms with Crippen LogP contribution in [-0.2, 0) is 9.59 Å². The van der Waals surface area contributed by atoms with Gasteiger partial charge in [-0.05, 0) is 59.3 Å². The Labute approximate surface area is 198 Å². The van der Waals surface area contributed by atoms with Crippen LogP contribution < -0.4 is 10.2 Å². The number of fused-ring (bicyclic) bond motifs is 1. The molecule has 0 spiro atoms. The number of rotatable bonds is 3. The molecular weight excluding hydrogens is 461 g/mol. The van der Waals surface area contributed by atoms with Gasteiger partial charge in [0, 0.05) is 17.6 Å². The highest BCUT2D eigenvalue weighted by molar-refractivity contribution is 6.43. The first-order valence-electron chi connectivity index (χ1n) is 9.95. The van der Waals surface area contributed by atoms with Crippen molar-refractivity contribution in [2.75, 3.05) is 4.90 Å². The zero-order valence-electron chi connectivity index (χ0n) is 17.0. The van der Waals surface area contributed by atoms with Crippen LogP contribution in [0.2, 0.25) is 10.0 Å². The van der Waals surface area contributed by atoms with Crippen molar-refractivity contribution in [1.82, 2.24) is 9.88 Å². The van der Waals surface area contributed by atoms with Gasteiger partial charge >= 0.3 is 6.03 Å². The summed E-state index contributed by atoms with van der Waals surface area (Å²) in [4.78, 5) is 39.0. The van der Waals surface area contributed by atoms with Crippen LogP contribution in [0.15, 0.2) is 84.6 Å². The third kappa shape index (κ3) is 3.80. The maximum absolute atomic E-state index is 13.2. The zero-order valence-corrected chi connectivity index (χ0v) is 18.5. The Bertz CT molecular complexity index is 1490. The number of halogens is 2. The minimum atomic E-state index is -0.856. The van der Waals surface area contributed by atoms with E-state index in [9.17, 15) is 14.4 Å². The molecule has 0 unspecified atom stereocenters. The smallest absolute Gasteiger partial charge is 0.317 e. The maximum Gasteiger partial charge on any atom is 0.335 e. The first kappa shape index (κ1) is 21.0. The summed E-state index contributed by atoms with van der Waals surface area (Å²) in [7, 11) is 0. The van der Waals surface area contributed by atoms with Gasteiger partial charge < -0.3 is 4.57 Å². The highest BCUT2D eigenvalue weighted by Gasteiger charge is 2.37. The first-order chi connectivity index (χ1) is 15.9. The number of hydrogen-bond acceptors (Lipinski definition) is 3. The highest BCUT2D eigenvalue weighted by atomic mass is 35.5. The molecule has 1 aromatic heterocycles. The normalized spacial score (nSPS) is 15.4. The van der Waals surface area contributed by atoms with Crippen LogP contribution in [0.1, 0.15) is 5.69 Å². The minimum absolute atomic E-state index is 0.179. The fourth-order valence-electron chi connectivity index (χ4n) is 3.74. The second-order valence-corrected chi connectivity index (χ2v) is 8.21. The molecule has 4 aromatic rings. The van der Waals surface area contributed by atoms with Gasteiger partial charge in [0.2, 0.25) is 0 Å². The minimum Gasteiger partial charge on any atom is -0.317 e. The molecule has 3 aromatic carbocycles. The number of imide groups is 2. The van der Waals surface area contributed by atoms with Crippen molar-refractivity contribution in [2.24, 2.45) is 0 Å². The van der Waals surface area contributed by atoms with E-state index in [4.69, 9.17) is 23.2 Å². The average Bonchev–Trinajstić information content (AvgIpc) is 3.27. The van der Waals surface area contributed by atoms with E-state index in [2.05, 4.69) is 5.32 Å². The Kier molecular flexibility index (Phi) is 5.24. The van der Waals surface area contributed by atoms with E-state index >= 15 is 0 Å². The van der Waals surface area contributed by atoms with E-state index in [0.717, 1.165) is 21.4 Å². The molecule has 1 aliphatic rings. The van der Waals surface area contributed by atoms with Gasteiger partial charge in [0.25, 0.3) is 11.8 Å². The lowest BCUT2D eigenvalue weighted by Crippen LogP contribution is -2.54. The lowest BCUT2D eigenvalue weighted by atomic mass is 10.1. The predicted octanol–water partition coefficient (Wildman–Crippen LogP) is 5.60. The monoisotopic (exact) mass is 475 g/mol. The van der Waals surface area contributed by atoms with Crippen LogP contribution in [0.25, 0.3) is 22.5 Å². The van der Waals surface area contributed by atoms with Gasteiger partial charge in [-0.15, -0.1) is 0 Å². The molecule has 8 heteroatoms. The van der Waals surface area contributed by atoms with Gasteiger partial charge in [0.1, 0.15) is 5.57 Å². The Hall–Kier alpha value is -3.87. The topological polar surface area (TPSA) is 71.4 Å². The van der Waals surface area contributed by atoms with Crippen LogP contribution in [0.4, 0.5) is 10.5 Å². The molecule has 1 saturated heterocycles. The van der Waals surface area contributed by atoms with Crippen molar-refractivity contribution in [3.8, 4) is 5.69 Å². The molecule has 2 heterocycles. The van der Waals surface area contributed by atoms with Crippen molar-refractivity contribution >= 4 is 63.6 Å². The number of carbonyl (C=O) groups is 3. The molecule has 33 heavy (non-hydrogen) atoms. The Morgan fingerprint density at radius 2 is 1.52 bits per heavy atom. The maximum atomic E-state index is 13.2. The standard InChI is InChI=1S/C25H15Cl2N3O3/c26-21-10-9-19(14-22(21)27)30-24(32)20(23(31)28-25(30)33)13-17-6-3-11-29(17)18-8-7-15-4-1-2-5-16(15)12-18/h1-14H,(H,28,31,33)/b20-13+. The van der Waals surface area contributed by atoms with Crippen LogP contribution in [0.5, 0.6) is 0 Å². The van der Waals surface area contributed by atoms with Crippen molar-refractivity contribution in [2.45, 2.75) is 0 Å². The second kappa shape index (κ2) is 8.24. The summed E-state index contributed by atoms with van der Waals surface area (Å²) in [6.45, 7) is 0. The van der Waals surface area contributed by atoms with Crippen LogP contribution in [0.3, 0.4) is 0 Å². The molecule has 1 fully saturated rings. The number of amides is 4. The third-order valence-electron chi connectivity index (χ3n) is 5.35. The number of hydrogen-bond donors (Lipinski definition) is 1. The van der Waals surface area contributed by atoms with E-state index in [1.165, 1.54) is 24.3 Å². The molecule has 0 saturated carbocycles.